The largest absolute Gasteiger partial charge is 0.477 e. The van der Waals surface area contributed by atoms with Crippen LogP contribution in [0.4, 0.5) is 5.69 Å². The highest BCUT2D eigenvalue weighted by molar-refractivity contribution is 6.42. The maximum Gasteiger partial charge on any atom is 0.342 e. The van der Waals surface area contributed by atoms with Crippen molar-refractivity contribution < 1.29 is 19.6 Å². The minimum absolute atomic E-state index is 0.0795. The SMILES string of the molecule is O=C(O)c1ccc(Oc2cccc(Cl)c2Cl)cc1[N+](=O)[O-]. The van der Waals surface area contributed by atoms with Gasteiger partial charge in [0.05, 0.1) is 16.0 Å². The molecule has 0 heterocycles. The lowest BCUT2D eigenvalue weighted by Crippen LogP contribution is -2.02. The molecule has 2 aromatic carbocycles. The number of nitro groups is 1. The molecule has 0 saturated carbocycles. The Kier molecular flexibility index (Phi) is 4.30. The van der Waals surface area contributed by atoms with Crippen molar-refractivity contribution in [3.63, 3.8) is 0 Å². The molecule has 0 unspecified atom stereocenters. The van der Waals surface area contributed by atoms with Gasteiger partial charge in [-0.25, -0.2) is 4.79 Å². The Balaban J connectivity index is 2.42. The molecule has 0 bridgehead atoms. The highest BCUT2D eigenvalue weighted by Crippen LogP contribution is 2.36. The standard InChI is InChI=1S/C13H7Cl2NO5/c14-9-2-1-3-11(12(9)15)21-7-4-5-8(13(17)18)10(6-7)16(19)20/h1-6H,(H,17,18). The Morgan fingerprint density at radius 3 is 2.57 bits per heavy atom. The second-order valence-electron chi connectivity index (χ2n) is 3.90. The molecule has 8 heteroatoms. The molecule has 0 fully saturated rings. The predicted octanol–water partition coefficient (Wildman–Crippen LogP) is 4.39. The van der Waals surface area contributed by atoms with Gasteiger partial charge in [-0.3, -0.25) is 10.1 Å². The fourth-order valence-electron chi connectivity index (χ4n) is 1.60. The van der Waals surface area contributed by atoms with Crippen molar-refractivity contribution in [2.24, 2.45) is 0 Å². The number of hydrogen-bond acceptors (Lipinski definition) is 4. The van der Waals surface area contributed by atoms with Crippen LogP contribution in [0.1, 0.15) is 10.4 Å². The number of carboxylic acids is 1. The summed E-state index contributed by atoms with van der Waals surface area (Å²) in [7, 11) is 0. The number of hydrogen-bond donors (Lipinski definition) is 1. The second-order valence-corrected chi connectivity index (χ2v) is 4.68. The number of nitro benzene ring substituents is 1. The molecule has 6 nitrogen and oxygen atoms in total. The summed E-state index contributed by atoms with van der Waals surface area (Å²) in [4.78, 5) is 21.0. The topological polar surface area (TPSA) is 89.7 Å². The van der Waals surface area contributed by atoms with E-state index in [1.807, 2.05) is 0 Å². The highest BCUT2D eigenvalue weighted by Gasteiger charge is 2.21. The molecule has 0 amide bonds. The van der Waals surface area contributed by atoms with Crippen LogP contribution in [0.25, 0.3) is 0 Å². The summed E-state index contributed by atoms with van der Waals surface area (Å²) in [5, 5.41) is 20.2. The van der Waals surface area contributed by atoms with Gasteiger partial charge in [0.15, 0.2) is 0 Å². The zero-order valence-electron chi connectivity index (χ0n) is 10.2. The van der Waals surface area contributed by atoms with Crippen molar-refractivity contribution in [3.8, 4) is 11.5 Å². The molecule has 0 saturated heterocycles. The monoisotopic (exact) mass is 327 g/mol. The maximum absolute atomic E-state index is 10.9. The minimum Gasteiger partial charge on any atom is -0.477 e. The van der Waals surface area contributed by atoms with Gasteiger partial charge < -0.3 is 9.84 Å². The van der Waals surface area contributed by atoms with E-state index in [4.69, 9.17) is 33.0 Å². The molecule has 0 aliphatic heterocycles. The first-order valence-corrected chi connectivity index (χ1v) is 6.29. The maximum atomic E-state index is 10.9. The molecule has 0 aliphatic carbocycles. The van der Waals surface area contributed by atoms with E-state index in [0.717, 1.165) is 12.1 Å². The van der Waals surface area contributed by atoms with Gasteiger partial charge in [0, 0.05) is 0 Å². The number of carbonyl (C=O) groups is 1. The number of rotatable bonds is 4. The Morgan fingerprint density at radius 2 is 1.95 bits per heavy atom. The van der Waals surface area contributed by atoms with Crippen molar-refractivity contribution in [1.29, 1.82) is 0 Å². The molecular formula is C13H7Cl2NO5. The summed E-state index contributed by atoms with van der Waals surface area (Å²) in [5.74, 6) is -1.11. The average molecular weight is 328 g/mol. The van der Waals surface area contributed by atoms with Crippen molar-refractivity contribution in [3.05, 3.63) is 62.1 Å². The van der Waals surface area contributed by atoms with Crippen LogP contribution in [0.2, 0.25) is 10.0 Å². The van der Waals surface area contributed by atoms with Crippen molar-refractivity contribution in [1.82, 2.24) is 0 Å². The van der Waals surface area contributed by atoms with Crippen molar-refractivity contribution in [2.45, 2.75) is 0 Å². The molecule has 0 atom stereocenters. The van der Waals surface area contributed by atoms with E-state index in [9.17, 15) is 14.9 Å². The van der Waals surface area contributed by atoms with E-state index in [1.165, 1.54) is 12.1 Å². The molecule has 0 aliphatic rings. The number of aromatic carboxylic acids is 1. The smallest absolute Gasteiger partial charge is 0.342 e. The molecule has 1 N–H and O–H groups in total. The second kappa shape index (κ2) is 5.99. The highest BCUT2D eigenvalue weighted by atomic mass is 35.5. The Morgan fingerprint density at radius 1 is 1.24 bits per heavy atom. The molecule has 0 spiro atoms. The summed E-state index contributed by atoms with van der Waals surface area (Å²) < 4.78 is 5.40. The molecule has 0 aromatic heterocycles. The molecule has 0 radical (unpaired) electrons. The fraction of sp³-hybridized carbons (Fsp3) is 0. The molecular weight excluding hydrogens is 321 g/mol. The van der Waals surface area contributed by atoms with Crippen LogP contribution in [0.15, 0.2) is 36.4 Å². The zero-order valence-corrected chi connectivity index (χ0v) is 11.8. The summed E-state index contributed by atoms with van der Waals surface area (Å²) in [6.45, 7) is 0. The third-order valence-electron chi connectivity index (χ3n) is 2.54. The van der Waals surface area contributed by atoms with Crippen LogP contribution in [-0.4, -0.2) is 16.0 Å². The van der Waals surface area contributed by atoms with Crippen LogP contribution in [-0.2, 0) is 0 Å². The molecule has 21 heavy (non-hydrogen) atoms. The Bertz CT molecular complexity index is 732. The van der Waals surface area contributed by atoms with Gasteiger partial charge in [0.2, 0.25) is 0 Å². The lowest BCUT2D eigenvalue weighted by Gasteiger charge is -2.08. The summed E-state index contributed by atoms with van der Waals surface area (Å²) in [5.41, 5.74) is -0.998. The van der Waals surface area contributed by atoms with Crippen LogP contribution in [0, 0.1) is 10.1 Å². The van der Waals surface area contributed by atoms with Crippen molar-refractivity contribution in [2.75, 3.05) is 0 Å². The third-order valence-corrected chi connectivity index (χ3v) is 3.34. The number of nitrogens with zero attached hydrogens (tertiary/aromatic N) is 1. The van der Waals surface area contributed by atoms with Crippen LogP contribution < -0.4 is 4.74 Å². The fourth-order valence-corrected chi connectivity index (χ4v) is 1.93. The third kappa shape index (κ3) is 3.24. The zero-order chi connectivity index (χ0) is 15.6. The van der Waals surface area contributed by atoms with E-state index in [1.54, 1.807) is 12.1 Å². The Hall–Kier alpha value is -2.31. The normalized spacial score (nSPS) is 10.2. The number of carboxylic acid groups (broad SMARTS) is 1. The van der Waals surface area contributed by atoms with E-state index >= 15 is 0 Å². The first-order chi connectivity index (χ1) is 9.90. The molecule has 2 rings (SSSR count). The number of halogens is 2. The predicted molar refractivity (Wildman–Crippen MR) is 76.6 cm³/mol. The van der Waals surface area contributed by atoms with Gasteiger partial charge >= 0.3 is 5.97 Å². The van der Waals surface area contributed by atoms with E-state index in [0.29, 0.717) is 0 Å². The van der Waals surface area contributed by atoms with Crippen LogP contribution >= 0.6 is 23.2 Å². The van der Waals surface area contributed by atoms with Crippen molar-refractivity contribution >= 4 is 34.9 Å². The first-order valence-electron chi connectivity index (χ1n) is 5.53. The lowest BCUT2D eigenvalue weighted by atomic mass is 10.1. The van der Waals surface area contributed by atoms with Gasteiger partial charge in [0.1, 0.15) is 22.1 Å². The van der Waals surface area contributed by atoms with Gasteiger partial charge in [0.25, 0.3) is 5.69 Å². The summed E-state index contributed by atoms with van der Waals surface area (Å²) >= 11 is 11.8. The van der Waals surface area contributed by atoms with Gasteiger partial charge in [-0.1, -0.05) is 29.3 Å². The first kappa shape index (κ1) is 15.1. The Labute approximate surface area is 128 Å². The minimum atomic E-state index is -1.39. The van der Waals surface area contributed by atoms with E-state index in [-0.39, 0.29) is 21.5 Å². The summed E-state index contributed by atoms with van der Waals surface area (Å²) in [6.07, 6.45) is 0. The molecule has 2 aromatic rings. The van der Waals surface area contributed by atoms with Crippen LogP contribution in [0.3, 0.4) is 0 Å². The van der Waals surface area contributed by atoms with Gasteiger partial charge in [-0.15, -0.1) is 0 Å². The lowest BCUT2D eigenvalue weighted by molar-refractivity contribution is -0.385. The van der Waals surface area contributed by atoms with E-state index < -0.39 is 22.1 Å². The number of ether oxygens (including phenoxy) is 1. The van der Waals surface area contributed by atoms with Crippen LogP contribution in [0.5, 0.6) is 11.5 Å². The van der Waals surface area contributed by atoms with Gasteiger partial charge in [-0.2, -0.15) is 0 Å². The summed E-state index contributed by atoms with van der Waals surface area (Å²) in [6, 6.07) is 8.10. The molecule has 108 valence electrons. The quantitative estimate of drug-likeness (QED) is 0.664. The van der Waals surface area contributed by atoms with Gasteiger partial charge in [-0.05, 0) is 24.3 Å². The average Bonchev–Trinajstić information content (AvgIpc) is 2.43. The van der Waals surface area contributed by atoms with E-state index in [2.05, 4.69) is 0 Å². The number of benzene rings is 2.